The van der Waals surface area contributed by atoms with Crippen LogP contribution < -0.4 is 0 Å². The number of rotatable bonds is 4. The predicted molar refractivity (Wildman–Crippen MR) is 47.6 cm³/mol. The molecular formula is C9H17NO3. The molecule has 0 aromatic heterocycles. The number of carboxylic acids is 1. The molecule has 1 aliphatic heterocycles. The molecule has 76 valence electrons. The van der Waals surface area contributed by atoms with Crippen molar-refractivity contribution in [1.82, 2.24) is 5.06 Å². The van der Waals surface area contributed by atoms with Crippen LogP contribution in [0.15, 0.2) is 0 Å². The SMILES string of the molecule is CCCC[C@@]1(C(=O)O)CCCN1O. The van der Waals surface area contributed by atoms with Gasteiger partial charge < -0.3 is 10.3 Å². The zero-order valence-corrected chi connectivity index (χ0v) is 7.99. The van der Waals surface area contributed by atoms with Crippen molar-refractivity contribution < 1.29 is 15.1 Å². The first kappa shape index (κ1) is 10.5. The molecule has 0 amide bonds. The minimum Gasteiger partial charge on any atom is -0.480 e. The van der Waals surface area contributed by atoms with E-state index in [1.54, 1.807) is 0 Å². The molecule has 0 aliphatic carbocycles. The van der Waals surface area contributed by atoms with E-state index in [0.717, 1.165) is 24.3 Å². The normalized spacial score (nSPS) is 29.4. The van der Waals surface area contributed by atoms with Crippen LogP contribution in [0, 0.1) is 0 Å². The lowest BCUT2D eigenvalue weighted by Gasteiger charge is -2.29. The lowest BCUT2D eigenvalue weighted by atomic mass is 9.91. The van der Waals surface area contributed by atoms with Crippen LogP contribution in [0.1, 0.15) is 39.0 Å². The van der Waals surface area contributed by atoms with E-state index >= 15 is 0 Å². The van der Waals surface area contributed by atoms with E-state index in [2.05, 4.69) is 0 Å². The Kier molecular flexibility index (Phi) is 3.27. The van der Waals surface area contributed by atoms with Gasteiger partial charge in [0.1, 0.15) is 5.54 Å². The van der Waals surface area contributed by atoms with Crippen LogP contribution in [0.2, 0.25) is 0 Å². The third-order valence-electron chi connectivity index (χ3n) is 2.80. The van der Waals surface area contributed by atoms with Crippen molar-refractivity contribution in [2.75, 3.05) is 6.54 Å². The van der Waals surface area contributed by atoms with Crippen molar-refractivity contribution in [2.24, 2.45) is 0 Å². The Hall–Kier alpha value is -0.610. The van der Waals surface area contributed by atoms with E-state index in [-0.39, 0.29) is 0 Å². The van der Waals surface area contributed by atoms with Crippen molar-refractivity contribution >= 4 is 5.97 Å². The Balaban J connectivity index is 2.68. The summed E-state index contributed by atoms with van der Waals surface area (Å²) in [4.78, 5) is 11.0. The number of carboxylic acid groups (broad SMARTS) is 1. The zero-order chi connectivity index (χ0) is 9.90. The van der Waals surface area contributed by atoms with E-state index in [9.17, 15) is 10.0 Å². The predicted octanol–water partition coefficient (Wildman–Crippen LogP) is 1.48. The van der Waals surface area contributed by atoms with Gasteiger partial charge in [-0.05, 0) is 19.3 Å². The topological polar surface area (TPSA) is 60.8 Å². The monoisotopic (exact) mass is 187 g/mol. The highest BCUT2D eigenvalue weighted by Gasteiger charge is 2.46. The van der Waals surface area contributed by atoms with E-state index in [0.29, 0.717) is 19.4 Å². The van der Waals surface area contributed by atoms with Gasteiger partial charge in [0.15, 0.2) is 0 Å². The first-order valence-electron chi connectivity index (χ1n) is 4.83. The Bertz CT molecular complexity index is 195. The quantitative estimate of drug-likeness (QED) is 0.700. The van der Waals surface area contributed by atoms with Crippen molar-refractivity contribution in [3.05, 3.63) is 0 Å². The fourth-order valence-corrected chi connectivity index (χ4v) is 1.91. The molecule has 4 nitrogen and oxygen atoms in total. The number of hydrogen-bond donors (Lipinski definition) is 2. The van der Waals surface area contributed by atoms with E-state index in [1.165, 1.54) is 0 Å². The number of unbranched alkanes of at least 4 members (excludes halogenated alkanes) is 1. The van der Waals surface area contributed by atoms with Crippen LogP contribution in [0.3, 0.4) is 0 Å². The van der Waals surface area contributed by atoms with Crippen molar-refractivity contribution in [3.8, 4) is 0 Å². The van der Waals surface area contributed by atoms with Gasteiger partial charge in [0.05, 0.1) is 0 Å². The number of hydrogen-bond acceptors (Lipinski definition) is 3. The van der Waals surface area contributed by atoms with Crippen molar-refractivity contribution in [1.29, 1.82) is 0 Å². The molecule has 2 N–H and O–H groups in total. The number of aliphatic carboxylic acids is 1. The molecular weight excluding hydrogens is 170 g/mol. The van der Waals surface area contributed by atoms with Gasteiger partial charge in [-0.3, -0.25) is 4.79 Å². The third kappa shape index (κ3) is 1.84. The highest BCUT2D eigenvalue weighted by molar-refractivity contribution is 5.78. The van der Waals surface area contributed by atoms with Crippen molar-refractivity contribution in [2.45, 2.75) is 44.6 Å². The molecule has 0 saturated carbocycles. The van der Waals surface area contributed by atoms with Gasteiger partial charge in [-0.15, -0.1) is 0 Å². The molecule has 0 radical (unpaired) electrons. The second-order valence-electron chi connectivity index (χ2n) is 3.67. The van der Waals surface area contributed by atoms with Gasteiger partial charge in [0.2, 0.25) is 0 Å². The fourth-order valence-electron chi connectivity index (χ4n) is 1.91. The first-order valence-corrected chi connectivity index (χ1v) is 4.83. The average molecular weight is 187 g/mol. The molecule has 1 fully saturated rings. The van der Waals surface area contributed by atoms with Crippen molar-refractivity contribution in [3.63, 3.8) is 0 Å². The Labute approximate surface area is 78.1 Å². The molecule has 0 spiro atoms. The Morgan fingerprint density at radius 3 is 2.69 bits per heavy atom. The maximum atomic E-state index is 11.0. The van der Waals surface area contributed by atoms with E-state index in [1.807, 2.05) is 6.92 Å². The first-order chi connectivity index (χ1) is 6.13. The smallest absolute Gasteiger partial charge is 0.326 e. The minimum absolute atomic E-state index is 0.482. The molecule has 0 bridgehead atoms. The standard InChI is InChI=1S/C9H17NO3/c1-2-3-5-9(8(11)12)6-4-7-10(9)13/h13H,2-7H2,1H3,(H,11,12)/t9-/m0/s1. The molecule has 1 saturated heterocycles. The molecule has 0 aromatic rings. The summed E-state index contributed by atoms with van der Waals surface area (Å²) in [6.45, 7) is 2.50. The minimum atomic E-state index is -0.990. The Morgan fingerprint density at radius 2 is 2.31 bits per heavy atom. The second kappa shape index (κ2) is 4.07. The molecule has 1 aliphatic rings. The van der Waals surface area contributed by atoms with Gasteiger partial charge in [-0.2, -0.15) is 5.06 Å². The van der Waals surface area contributed by atoms with Crippen LogP contribution >= 0.6 is 0 Å². The summed E-state index contributed by atoms with van der Waals surface area (Å²) in [7, 11) is 0. The fraction of sp³-hybridized carbons (Fsp3) is 0.889. The van der Waals surface area contributed by atoms with Crippen LogP contribution in [0.25, 0.3) is 0 Å². The summed E-state index contributed by atoms with van der Waals surface area (Å²) in [6.07, 6.45) is 3.70. The molecule has 13 heavy (non-hydrogen) atoms. The largest absolute Gasteiger partial charge is 0.480 e. The zero-order valence-electron chi connectivity index (χ0n) is 7.99. The summed E-state index contributed by atoms with van der Waals surface area (Å²) < 4.78 is 0. The van der Waals surface area contributed by atoms with Gasteiger partial charge >= 0.3 is 5.97 Å². The maximum Gasteiger partial charge on any atom is 0.326 e. The third-order valence-corrected chi connectivity index (χ3v) is 2.80. The molecule has 1 heterocycles. The number of hydroxylamine groups is 2. The van der Waals surface area contributed by atoms with Crippen LogP contribution in [-0.2, 0) is 4.79 Å². The average Bonchev–Trinajstić information content (AvgIpc) is 2.45. The van der Waals surface area contributed by atoms with Gasteiger partial charge in [0, 0.05) is 6.54 Å². The molecule has 0 unspecified atom stereocenters. The molecule has 1 rings (SSSR count). The maximum absolute atomic E-state index is 11.0. The van der Waals surface area contributed by atoms with Gasteiger partial charge in [-0.25, -0.2) is 0 Å². The van der Waals surface area contributed by atoms with Crippen LogP contribution in [0.5, 0.6) is 0 Å². The molecule has 0 aromatic carbocycles. The summed E-state index contributed by atoms with van der Waals surface area (Å²) >= 11 is 0. The highest BCUT2D eigenvalue weighted by Crippen LogP contribution is 2.32. The molecule has 4 heteroatoms. The lowest BCUT2D eigenvalue weighted by molar-refractivity contribution is -0.186. The number of carbonyl (C=O) groups is 1. The summed E-state index contributed by atoms with van der Waals surface area (Å²) in [5, 5.41) is 19.6. The summed E-state index contributed by atoms with van der Waals surface area (Å²) in [5.74, 6) is -0.888. The highest BCUT2D eigenvalue weighted by atomic mass is 16.5. The number of nitrogens with zero attached hydrogens (tertiary/aromatic N) is 1. The Morgan fingerprint density at radius 1 is 1.62 bits per heavy atom. The van der Waals surface area contributed by atoms with Gasteiger partial charge in [0.25, 0.3) is 0 Å². The lowest BCUT2D eigenvalue weighted by Crippen LogP contribution is -2.48. The van der Waals surface area contributed by atoms with Gasteiger partial charge in [-0.1, -0.05) is 19.8 Å². The summed E-state index contributed by atoms with van der Waals surface area (Å²) in [5.41, 5.74) is -0.990. The van der Waals surface area contributed by atoms with Crippen LogP contribution in [0.4, 0.5) is 0 Å². The molecule has 1 atom stereocenters. The van der Waals surface area contributed by atoms with E-state index < -0.39 is 11.5 Å². The van der Waals surface area contributed by atoms with Crippen LogP contribution in [-0.4, -0.2) is 33.4 Å². The van der Waals surface area contributed by atoms with E-state index in [4.69, 9.17) is 5.11 Å². The second-order valence-corrected chi connectivity index (χ2v) is 3.67. The summed E-state index contributed by atoms with van der Waals surface area (Å²) in [6, 6.07) is 0.